The molecule has 2 rings (SSSR count). The summed E-state index contributed by atoms with van der Waals surface area (Å²) in [6.45, 7) is -1.17. The van der Waals surface area contributed by atoms with Crippen molar-refractivity contribution in [2.45, 2.75) is 25.5 Å². The van der Waals surface area contributed by atoms with Crippen molar-refractivity contribution in [3.05, 3.63) is 23.8 Å². The minimum absolute atomic E-state index is 0.0847. The lowest BCUT2D eigenvalue weighted by molar-refractivity contribution is -0.0512. The molecular formula is C15H20F2N2O3. The zero-order chi connectivity index (χ0) is 16.1. The van der Waals surface area contributed by atoms with Gasteiger partial charge in [-0.25, -0.2) is 0 Å². The fourth-order valence-corrected chi connectivity index (χ4v) is 2.56. The number of carbonyl (C=O) groups excluding carboxylic acids is 1. The highest BCUT2D eigenvalue weighted by Crippen LogP contribution is 2.30. The minimum atomic E-state index is -2.94. The SMILES string of the molecule is COc1cc(C(=O)N(C)C2CCNCC2)ccc1OC(F)F. The molecule has 5 nitrogen and oxygen atoms in total. The van der Waals surface area contributed by atoms with Crippen molar-refractivity contribution < 1.29 is 23.0 Å². The van der Waals surface area contributed by atoms with Crippen molar-refractivity contribution in [2.75, 3.05) is 27.2 Å². The average Bonchev–Trinajstić information content (AvgIpc) is 2.54. The third-order valence-electron chi connectivity index (χ3n) is 3.80. The third-order valence-corrected chi connectivity index (χ3v) is 3.80. The first-order chi connectivity index (χ1) is 10.5. The van der Waals surface area contributed by atoms with Crippen LogP contribution >= 0.6 is 0 Å². The van der Waals surface area contributed by atoms with Crippen molar-refractivity contribution in [3.8, 4) is 11.5 Å². The normalized spacial score (nSPS) is 15.7. The van der Waals surface area contributed by atoms with Crippen LogP contribution in [0.3, 0.4) is 0 Å². The first kappa shape index (κ1) is 16.5. The van der Waals surface area contributed by atoms with E-state index in [0.717, 1.165) is 25.9 Å². The van der Waals surface area contributed by atoms with E-state index in [9.17, 15) is 13.6 Å². The molecule has 0 radical (unpaired) electrons. The molecule has 122 valence electrons. The van der Waals surface area contributed by atoms with E-state index >= 15 is 0 Å². The van der Waals surface area contributed by atoms with Gasteiger partial charge in [0, 0.05) is 18.7 Å². The summed E-state index contributed by atoms with van der Waals surface area (Å²) in [5.41, 5.74) is 0.388. The third kappa shape index (κ3) is 3.85. The standard InChI is InChI=1S/C15H20F2N2O3/c1-19(11-5-7-18-8-6-11)14(20)10-3-4-12(22-15(16)17)13(9-10)21-2/h3-4,9,11,15,18H,5-8H2,1-2H3. The molecule has 1 heterocycles. The fourth-order valence-electron chi connectivity index (χ4n) is 2.56. The topological polar surface area (TPSA) is 50.8 Å². The van der Waals surface area contributed by atoms with Crippen LogP contribution in [0.2, 0.25) is 0 Å². The van der Waals surface area contributed by atoms with Crippen molar-refractivity contribution in [1.29, 1.82) is 0 Å². The van der Waals surface area contributed by atoms with Crippen molar-refractivity contribution in [2.24, 2.45) is 0 Å². The molecule has 1 aromatic rings. The predicted octanol–water partition coefficient (Wildman–Crippen LogP) is 2.12. The number of ether oxygens (including phenoxy) is 2. The van der Waals surface area contributed by atoms with Crippen LogP contribution in [0.15, 0.2) is 18.2 Å². The van der Waals surface area contributed by atoms with Crippen LogP contribution in [0.5, 0.6) is 11.5 Å². The van der Waals surface area contributed by atoms with E-state index in [4.69, 9.17) is 4.74 Å². The summed E-state index contributed by atoms with van der Waals surface area (Å²) in [5.74, 6) is -0.128. The van der Waals surface area contributed by atoms with Gasteiger partial charge in [0.25, 0.3) is 5.91 Å². The molecule has 1 amide bonds. The number of hydrogen-bond acceptors (Lipinski definition) is 4. The molecule has 0 atom stereocenters. The molecule has 7 heteroatoms. The molecule has 1 fully saturated rings. The van der Waals surface area contributed by atoms with Crippen LogP contribution in [0.4, 0.5) is 8.78 Å². The van der Waals surface area contributed by atoms with E-state index in [-0.39, 0.29) is 23.4 Å². The second kappa shape index (κ2) is 7.40. The van der Waals surface area contributed by atoms with Crippen molar-refractivity contribution in [1.82, 2.24) is 10.2 Å². The second-order valence-electron chi connectivity index (χ2n) is 5.14. The van der Waals surface area contributed by atoms with E-state index in [1.807, 2.05) is 0 Å². The van der Waals surface area contributed by atoms with Crippen LogP contribution in [0.25, 0.3) is 0 Å². The van der Waals surface area contributed by atoms with E-state index in [2.05, 4.69) is 10.1 Å². The first-order valence-electron chi connectivity index (χ1n) is 7.13. The zero-order valence-corrected chi connectivity index (χ0v) is 12.6. The summed E-state index contributed by atoms with van der Waals surface area (Å²) in [6, 6.07) is 4.41. The maximum absolute atomic E-state index is 12.5. The number of amides is 1. The van der Waals surface area contributed by atoms with Gasteiger partial charge in [-0.05, 0) is 44.1 Å². The molecule has 0 aromatic heterocycles. The van der Waals surface area contributed by atoms with Crippen molar-refractivity contribution in [3.63, 3.8) is 0 Å². The Morgan fingerprint density at radius 3 is 2.59 bits per heavy atom. The molecule has 1 aliphatic heterocycles. The number of nitrogens with one attached hydrogen (secondary N) is 1. The summed E-state index contributed by atoms with van der Waals surface area (Å²) in [4.78, 5) is 14.2. The smallest absolute Gasteiger partial charge is 0.387 e. The Bertz CT molecular complexity index is 520. The fraction of sp³-hybridized carbons (Fsp3) is 0.533. The van der Waals surface area contributed by atoms with Gasteiger partial charge in [0.15, 0.2) is 11.5 Å². The van der Waals surface area contributed by atoms with Gasteiger partial charge in [0.05, 0.1) is 7.11 Å². The van der Waals surface area contributed by atoms with Gasteiger partial charge in [-0.3, -0.25) is 4.79 Å². The van der Waals surface area contributed by atoms with Gasteiger partial charge in [-0.2, -0.15) is 8.78 Å². The van der Waals surface area contributed by atoms with Gasteiger partial charge in [0.1, 0.15) is 0 Å². The number of hydrogen-bond donors (Lipinski definition) is 1. The lowest BCUT2D eigenvalue weighted by Gasteiger charge is -2.31. The summed E-state index contributed by atoms with van der Waals surface area (Å²) in [7, 11) is 3.10. The largest absolute Gasteiger partial charge is 0.493 e. The van der Waals surface area contributed by atoms with Crippen LogP contribution in [-0.4, -0.2) is 50.7 Å². The number of piperidine rings is 1. The highest BCUT2D eigenvalue weighted by Gasteiger charge is 2.24. The Morgan fingerprint density at radius 1 is 1.32 bits per heavy atom. The molecule has 0 bridgehead atoms. The molecule has 1 saturated heterocycles. The Hall–Kier alpha value is -1.89. The number of benzene rings is 1. The van der Waals surface area contributed by atoms with Crippen LogP contribution in [-0.2, 0) is 0 Å². The minimum Gasteiger partial charge on any atom is -0.493 e. The average molecular weight is 314 g/mol. The molecule has 1 N–H and O–H groups in total. The number of nitrogens with zero attached hydrogens (tertiary/aromatic N) is 1. The second-order valence-corrected chi connectivity index (χ2v) is 5.14. The lowest BCUT2D eigenvalue weighted by Crippen LogP contribution is -2.43. The number of carbonyl (C=O) groups is 1. The Kier molecular flexibility index (Phi) is 5.54. The molecule has 0 unspecified atom stereocenters. The van der Waals surface area contributed by atoms with Crippen molar-refractivity contribution >= 4 is 5.91 Å². The lowest BCUT2D eigenvalue weighted by atomic mass is 10.0. The maximum Gasteiger partial charge on any atom is 0.387 e. The Balaban J connectivity index is 2.15. The number of methoxy groups -OCH3 is 1. The van der Waals surface area contributed by atoms with Gasteiger partial charge >= 0.3 is 6.61 Å². The molecule has 0 saturated carbocycles. The van der Waals surface area contributed by atoms with E-state index in [0.29, 0.717) is 5.56 Å². The predicted molar refractivity (Wildman–Crippen MR) is 77.6 cm³/mol. The first-order valence-corrected chi connectivity index (χ1v) is 7.13. The summed E-state index contributed by atoms with van der Waals surface area (Å²) >= 11 is 0. The molecule has 0 spiro atoms. The van der Waals surface area contributed by atoms with Crippen LogP contribution < -0.4 is 14.8 Å². The van der Waals surface area contributed by atoms with Gasteiger partial charge in [0.2, 0.25) is 0 Å². The molecule has 22 heavy (non-hydrogen) atoms. The number of halogens is 2. The van der Waals surface area contributed by atoms with E-state index in [1.54, 1.807) is 11.9 Å². The van der Waals surface area contributed by atoms with E-state index in [1.165, 1.54) is 25.3 Å². The molecule has 1 aromatic carbocycles. The van der Waals surface area contributed by atoms with Crippen LogP contribution in [0.1, 0.15) is 23.2 Å². The zero-order valence-electron chi connectivity index (χ0n) is 12.6. The summed E-state index contributed by atoms with van der Waals surface area (Å²) in [6.07, 6.45) is 1.79. The quantitative estimate of drug-likeness (QED) is 0.904. The summed E-state index contributed by atoms with van der Waals surface area (Å²) < 4.78 is 34.0. The number of rotatable bonds is 5. The van der Waals surface area contributed by atoms with Crippen LogP contribution in [0, 0.1) is 0 Å². The maximum atomic E-state index is 12.5. The Morgan fingerprint density at radius 2 is 2.00 bits per heavy atom. The highest BCUT2D eigenvalue weighted by atomic mass is 19.3. The summed E-state index contributed by atoms with van der Waals surface area (Å²) in [5, 5.41) is 3.25. The van der Waals surface area contributed by atoms with Gasteiger partial charge in [-0.1, -0.05) is 0 Å². The van der Waals surface area contributed by atoms with Gasteiger partial charge < -0.3 is 19.7 Å². The number of alkyl halides is 2. The highest BCUT2D eigenvalue weighted by molar-refractivity contribution is 5.95. The Labute approximate surface area is 128 Å². The van der Waals surface area contributed by atoms with E-state index < -0.39 is 6.61 Å². The molecular weight excluding hydrogens is 294 g/mol. The monoisotopic (exact) mass is 314 g/mol. The van der Waals surface area contributed by atoms with Gasteiger partial charge in [-0.15, -0.1) is 0 Å². The molecule has 0 aliphatic carbocycles. The molecule has 1 aliphatic rings.